The molecule has 0 aromatic heterocycles. The summed E-state index contributed by atoms with van der Waals surface area (Å²) in [6, 6.07) is 6.00. The first-order chi connectivity index (χ1) is 8.60. The van der Waals surface area contributed by atoms with Crippen LogP contribution in [-0.4, -0.2) is 38.8 Å². The highest BCUT2D eigenvalue weighted by Crippen LogP contribution is 2.29. The van der Waals surface area contributed by atoms with E-state index in [2.05, 4.69) is 27.9 Å². The quantitative estimate of drug-likeness (QED) is 0.778. The zero-order chi connectivity index (χ0) is 13.5. The average Bonchev–Trinajstić information content (AvgIpc) is 2.35. The van der Waals surface area contributed by atoms with E-state index in [4.69, 9.17) is 22.1 Å². The molecular weight excluding hydrogens is 316 g/mol. The molecule has 0 aliphatic rings. The van der Waals surface area contributed by atoms with Crippen molar-refractivity contribution in [3.8, 4) is 0 Å². The standard InChI is InChI=1S/C13H20BrClN2O/c1-17(6-3-7-18-2)13(9-16)11-8-10(14)4-5-12(11)15/h4-5,8,13H,3,6-7,9,16H2,1-2H3. The van der Waals surface area contributed by atoms with Gasteiger partial charge in [0.25, 0.3) is 0 Å². The number of likely N-dealkylation sites (N-methyl/N-ethyl adjacent to an activating group) is 1. The van der Waals surface area contributed by atoms with Crippen LogP contribution in [0.25, 0.3) is 0 Å². The molecule has 0 saturated carbocycles. The van der Waals surface area contributed by atoms with Crippen molar-refractivity contribution in [2.45, 2.75) is 12.5 Å². The normalized spacial score (nSPS) is 13.0. The van der Waals surface area contributed by atoms with Crippen molar-refractivity contribution >= 4 is 27.5 Å². The number of nitrogens with zero attached hydrogens (tertiary/aromatic N) is 1. The monoisotopic (exact) mass is 334 g/mol. The molecule has 5 heteroatoms. The van der Waals surface area contributed by atoms with E-state index in [1.54, 1.807) is 7.11 Å². The Morgan fingerprint density at radius 2 is 2.22 bits per heavy atom. The third-order valence-electron chi connectivity index (χ3n) is 2.93. The first kappa shape index (κ1) is 15.9. The molecule has 0 spiro atoms. The summed E-state index contributed by atoms with van der Waals surface area (Å²) in [6.45, 7) is 2.23. The molecule has 102 valence electrons. The molecule has 1 atom stereocenters. The molecule has 0 saturated heterocycles. The highest BCUT2D eigenvalue weighted by atomic mass is 79.9. The predicted octanol–water partition coefficient (Wildman–Crippen LogP) is 3.07. The van der Waals surface area contributed by atoms with Gasteiger partial charge in [0.15, 0.2) is 0 Å². The zero-order valence-corrected chi connectivity index (χ0v) is 13.2. The van der Waals surface area contributed by atoms with Crippen molar-refractivity contribution in [3.63, 3.8) is 0 Å². The van der Waals surface area contributed by atoms with Crippen LogP contribution in [0.15, 0.2) is 22.7 Å². The lowest BCUT2D eigenvalue weighted by molar-refractivity contribution is 0.166. The van der Waals surface area contributed by atoms with E-state index in [1.165, 1.54) is 0 Å². The van der Waals surface area contributed by atoms with Crippen molar-refractivity contribution < 1.29 is 4.74 Å². The Kier molecular flexibility index (Phi) is 7.19. The molecule has 3 nitrogen and oxygen atoms in total. The molecule has 0 amide bonds. The second kappa shape index (κ2) is 8.12. The van der Waals surface area contributed by atoms with Crippen LogP contribution in [-0.2, 0) is 4.74 Å². The SMILES string of the molecule is COCCCN(C)C(CN)c1cc(Br)ccc1Cl. The minimum atomic E-state index is 0.131. The van der Waals surface area contributed by atoms with Gasteiger partial charge in [-0.2, -0.15) is 0 Å². The van der Waals surface area contributed by atoms with E-state index in [0.29, 0.717) is 6.54 Å². The fourth-order valence-electron chi connectivity index (χ4n) is 1.93. The summed E-state index contributed by atoms with van der Waals surface area (Å²) < 4.78 is 6.08. The Morgan fingerprint density at radius 1 is 1.50 bits per heavy atom. The summed E-state index contributed by atoms with van der Waals surface area (Å²) in [6.07, 6.45) is 0.981. The minimum absolute atomic E-state index is 0.131. The fourth-order valence-corrected chi connectivity index (χ4v) is 2.55. The lowest BCUT2D eigenvalue weighted by Gasteiger charge is -2.28. The molecule has 18 heavy (non-hydrogen) atoms. The van der Waals surface area contributed by atoms with E-state index in [-0.39, 0.29) is 6.04 Å². The van der Waals surface area contributed by atoms with Crippen LogP contribution in [0.5, 0.6) is 0 Å². The number of hydrogen-bond acceptors (Lipinski definition) is 3. The number of ether oxygens (including phenoxy) is 1. The van der Waals surface area contributed by atoms with Crippen LogP contribution in [0, 0.1) is 0 Å². The van der Waals surface area contributed by atoms with Gasteiger partial charge in [-0.3, -0.25) is 4.90 Å². The van der Waals surface area contributed by atoms with Gasteiger partial charge in [0.2, 0.25) is 0 Å². The van der Waals surface area contributed by atoms with E-state index < -0.39 is 0 Å². The second-order valence-electron chi connectivity index (χ2n) is 4.24. The molecule has 0 fully saturated rings. The smallest absolute Gasteiger partial charge is 0.0482 e. The Balaban J connectivity index is 2.78. The summed E-state index contributed by atoms with van der Waals surface area (Å²) in [4.78, 5) is 2.21. The lowest BCUT2D eigenvalue weighted by Crippen LogP contribution is -2.32. The van der Waals surface area contributed by atoms with Gasteiger partial charge in [-0.05, 0) is 37.2 Å². The zero-order valence-electron chi connectivity index (χ0n) is 10.8. The van der Waals surface area contributed by atoms with Gasteiger partial charge in [0, 0.05) is 42.3 Å². The Bertz CT molecular complexity index is 376. The van der Waals surface area contributed by atoms with Crippen LogP contribution >= 0.6 is 27.5 Å². The number of hydrogen-bond donors (Lipinski definition) is 1. The van der Waals surface area contributed by atoms with Gasteiger partial charge in [0.05, 0.1) is 0 Å². The molecule has 0 aliphatic carbocycles. The number of halogens is 2. The highest BCUT2D eigenvalue weighted by Gasteiger charge is 2.18. The third kappa shape index (κ3) is 4.52. The van der Waals surface area contributed by atoms with Gasteiger partial charge in [-0.25, -0.2) is 0 Å². The molecule has 1 unspecified atom stereocenters. The van der Waals surface area contributed by atoms with Crippen molar-refractivity contribution in [3.05, 3.63) is 33.3 Å². The average molecular weight is 336 g/mol. The molecule has 0 bridgehead atoms. The number of nitrogens with two attached hydrogens (primary N) is 1. The highest BCUT2D eigenvalue weighted by molar-refractivity contribution is 9.10. The van der Waals surface area contributed by atoms with E-state index in [0.717, 1.165) is 34.6 Å². The summed E-state index contributed by atoms with van der Waals surface area (Å²) in [5, 5.41) is 0.757. The van der Waals surface area contributed by atoms with Crippen LogP contribution in [0.2, 0.25) is 5.02 Å². The second-order valence-corrected chi connectivity index (χ2v) is 5.57. The molecule has 1 aromatic carbocycles. The molecule has 0 radical (unpaired) electrons. The maximum atomic E-state index is 6.25. The van der Waals surface area contributed by atoms with Gasteiger partial charge in [-0.1, -0.05) is 27.5 Å². The van der Waals surface area contributed by atoms with Crippen molar-refractivity contribution in [1.82, 2.24) is 4.90 Å². The summed E-state index contributed by atoms with van der Waals surface area (Å²) in [5.41, 5.74) is 6.95. The van der Waals surface area contributed by atoms with E-state index in [9.17, 15) is 0 Å². The van der Waals surface area contributed by atoms with E-state index >= 15 is 0 Å². The maximum absolute atomic E-state index is 6.25. The van der Waals surface area contributed by atoms with Crippen LogP contribution in [0.4, 0.5) is 0 Å². The van der Waals surface area contributed by atoms with Crippen molar-refractivity contribution in [1.29, 1.82) is 0 Å². The van der Waals surface area contributed by atoms with Crippen molar-refractivity contribution in [2.75, 3.05) is 33.9 Å². The molecule has 1 rings (SSSR count). The minimum Gasteiger partial charge on any atom is -0.385 e. The Hall–Kier alpha value is -0.130. The molecule has 1 aromatic rings. The van der Waals surface area contributed by atoms with E-state index in [1.807, 2.05) is 18.2 Å². The number of benzene rings is 1. The van der Waals surface area contributed by atoms with Crippen LogP contribution in [0.1, 0.15) is 18.0 Å². The largest absolute Gasteiger partial charge is 0.385 e. The predicted molar refractivity (Wildman–Crippen MR) is 80.1 cm³/mol. The first-order valence-corrected chi connectivity index (χ1v) is 7.11. The fraction of sp³-hybridized carbons (Fsp3) is 0.538. The Labute approximate surface area is 122 Å². The molecule has 0 aliphatic heterocycles. The first-order valence-electron chi connectivity index (χ1n) is 5.94. The maximum Gasteiger partial charge on any atom is 0.0482 e. The van der Waals surface area contributed by atoms with Gasteiger partial charge in [0.1, 0.15) is 0 Å². The lowest BCUT2D eigenvalue weighted by atomic mass is 10.1. The van der Waals surface area contributed by atoms with Gasteiger partial charge < -0.3 is 10.5 Å². The van der Waals surface area contributed by atoms with Crippen molar-refractivity contribution in [2.24, 2.45) is 5.73 Å². The molecule has 0 heterocycles. The Morgan fingerprint density at radius 3 is 2.83 bits per heavy atom. The summed E-state index contributed by atoms with van der Waals surface area (Å²) >= 11 is 9.72. The topological polar surface area (TPSA) is 38.5 Å². The van der Waals surface area contributed by atoms with Gasteiger partial charge in [-0.15, -0.1) is 0 Å². The number of methoxy groups -OCH3 is 1. The van der Waals surface area contributed by atoms with Crippen LogP contribution in [0.3, 0.4) is 0 Å². The third-order valence-corrected chi connectivity index (χ3v) is 3.77. The number of rotatable bonds is 7. The summed E-state index contributed by atoms with van der Waals surface area (Å²) in [7, 11) is 3.77. The molecular formula is C13H20BrClN2O. The van der Waals surface area contributed by atoms with Crippen LogP contribution < -0.4 is 5.73 Å². The molecule has 2 N–H and O–H groups in total. The summed E-state index contributed by atoms with van der Waals surface area (Å²) in [5.74, 6) is 0. The van der Waals surface area contributed by atoms with Gasteiger partial charge >= 0.3 is 0 Å².